The number of ether oxygens (including phenoxy) is 1. The maximum atomic E-state index is 5.57. The van der Waals surface area contributed by atoms with Crippen LogP contribution in [-0.2, 0) is 6.54 Å². The SMILES string of the molecule is COc1ccc2cc(Br)ccc2c1CN1CCNCC1. The quantitative estimate of drug-likeness (QED) is 0.933. The highest BCUT2D eigenvalue weighted by Gasteiger charge is 2.15. The molecule has 4 heteroatoms. The first kappa shape index (κ1) is 13.9. The molecule has 0 aromatic heterocycles. The smallest absolute Gasteiger partial charge is 0.123 e. The van der Waals surface area contributed by atoms with Gasteiger partial charge in [0, 0.05) is 42.8 Å². The molecule has 0 saturated carbocycles. The molecular formula is C16H19BrN2O. The molecule has 0 bridgehead atoms. The number of rotatable bonds is 3. The van der Waals surface area contributed by atoms with Gasteiger partial charge < -0.3 is 10.1 Å². The van der Waals surface area contributed by atoms with E-state index in [4.69, 9.17) is 4.74 Å². The first-order chi connectivity index (χ1) is 9.78. The molecule has 0 aliphatic carbocycles. The Morgan fingerprint density at radius 3 is 2.75 bits per heavy atom. The van der Waals surface area contributed by atoms with Crippen molar-refractivity contribution in [3.63, 3.8) is 0 Å². The Labute approximate surface area is 128 Å². The molecule has 1 heterocycles. The van der Waals surface area contributed by atoms with Gasteiger partial charge in [-0.05, 0) is 29.0 Å². The zero-order valence-corrected chi connectivity index (χ0v) is 13.2. The van der Waals surface area contributed by atoms with Crippen LogP contribution < -0.4 is 10.1 Å². The van der Waals surface area contributed by atoms with Crippen molar-refractivity contribution in [3.8, 4) is 5.75 Å². The molecular weight excluding hydrogens is 316 g/mol. The minimum atomic E-state index is 0.948. The van der Waals surface area contributed by atoms with Crippen LogP contribution in [-0.4, -0.2) is 38.2 Å². The molecule has 0 radical (unpaired) electrons. The fourth-order valence-corrected chi connectivity index (χ4v) is 3.17. The van der Waals surface area contributed by atoms with E-state index in [1.54, 1.807) is 7.11 Å². The number of nitrogens with one attached hydrogen (secondary N) is 1. The molecule has 0 atom stereocenters. The van der Waals surface area contributed by atoms with Crippen molar-refractivity contribution < 1.29 is 4.74 Å². The number of hydrogen-bond donors (Lipinski definition) is 1. The Bertz CT molecular complexity index is 609. The van der Waals surface area contributed by atoms with Gasteiger partial charge in [-0.15, -0.1) is 0 Å². The van der Waals surface area contributed by atoms with Gasteiger partial charge in [-0.1, -0.05) is 28.1 Å². The third-order valence-electron chi connectivity index (χ3n) is 3.86. The maximum Gasteiger partial charge on any atom is 0.123 e. The molecule has 0 amide bonds. The number of methoxy groups -OCH3 is 1. The standard InChI is InChI=1S/C16H19BrN2O/c1-20-16-5-2-12-10-13(17)3-4-14(12)15(16)11-19-8-6-18-7-9-19/h2-5,10,18H,6-9,11H2,1H3. The van der Waals surface area contributed by atoms with Crippen LogP contribution in [0.5, 0.6) is 5.75 Å². The van der Waals surface area contributed by atoms with Gasteiger partial charge in [-0.2, -0.15) is 0 Å². The van der Waals surface area contributed by atoms with Crippen LogP contribution in [0.1, 0.15) is 5.56 Å². The first-order valence-electron chi connectivity index (χ1n) is 6.96. The molecule has 1 aliphatic rings. The van der Waals surface area contributed by atoms with Crippen molar-refractivity contribution in [1.29, 1.82) is 0 Å². The van der Waals surface area contributed by atoms with Gasteiger partial charge in [0.2, 0.25) is 0 Å². The zero-order valence-electron chi connectivity index (χ0n) is 11.7. The molecule has 0 unspecified atom stereocenters. The van der Waals surface area contributed by atoms with Crippen molar-refractivity contribution in [3.05, 3.63) is 40.4 Å². The average Bonchev–Trinajstić information content (AvgIpc) is 2.48. The summed E-state index contributed by atoms with van der Waals surface area (Å²) in [6.07, 6.45) is 0. The summed E-state index contributed by atoms with van der Waals surface area (Å²) in [5, 5.41) is 5.93. The van der Waals surface area contributed by atoms with E-state index >= 15 is 0 Å². The number of benzene rings is 2. The molecule has 1 fully saturated rings. The lowest BCUT2D eigenvalue weighted by atomic mass is 10.0. The summed E-state index contributed by atoms with van der Waals surface area (Å²) >= 11 is 3.54. The maximum absolute atomic E-state index is 5.57. The van der Waals surface area contributed by atoms with Crippen molar-refractivity contribution in [2.45, 2.75) is 6.54 Å². The van der Waals surface area contributed by atoms with Gasteiger partial charge in [-0.25, -0.2) is 0 Å². The molecule has 106 valence electrons. The Morgan fingerprint density at radius 1 is 1.20 bits per heavy atom. The van der Waals surface area contributed by atoms with Crippen LogP contribution in [0.2, 0.25) is 0 Å². The summed E-state index contributed by atoms with van der Waals surface area (Å²) in [4.78, 5) is 2.48. The molecule has 2 aromatic rings. The third kappa shape index (κ3) is 2.82. The molecule has 0 spiro atoms. The summed E-state index contributed by atoms with van der Waals surface area (Å²) in [6, 6.07) is 10.6. The first-order valence-corrected chi connectivity index (χ1v) is 7.75. The normalized spacial score (nSPS) is 16.5. The number of fused-ring (bicyclic) bond motifs is 1. The minimum absolute atomic E-state index is 0.948. The number of nitrogens with zero attached hydrogens (tertiary/aromatic N) is 1. The highest BCUT2D eigenvalue weighted by Crippen LogP contribution is 2.31. The van der Waals surface area contributed by atoms with E-state index in [0.717, 1.165) is 42.9 Å². The molecule has 1 aliphatic heterocycles. The van der Waals surface area contributed by atoms with E-state index < -0.39 is 0 Å². The van der Waals surface area contributed by atoms with Crippen molar-refractivity contribution in [1.82, 2.24) is 10.2 Å². The molecule has 20 heavy (non-hydrogen) atoms. The lowest BCUT2D eigenvalue weighted by molar-refractivity contribution is 0.231. The van der Waals surface area contributed by atoms with Crippen LogP contribution >= 0.6 is 15.9 Å². The predicted molar refractivity (Wildman–Crippen MR) is 86.3 cm³/mol. The number of hydrogen-bond acceptors (Lipinski definition) is 3. The Kier molecular flexibility index (Phi) is 4.24. The Morgan fingerprint density at radius 2 is 2.00 bits per heavy atom. The van der Waals surface area contributed by atoms with Crippen LogP contribution in [0.4, 0.5) is 0 Å². The van der Waals surface area contributed by atoms with E-state index in [0.29, 0.717) is 0 Å². The van der Waals surface area contributed by atoms with E-state index in [9.17, 15) is 0 Å². The second kappa shape index (κ2) is 6.12. The van der Waals surface area contributed by atoms with Crippen LogP contribution in [0.15, 0.2) is 34.8 Å². The van der Waals surface area contributed by atoms with Crippen molar-refractivity contribution >= 4 is 26.7 Å². The molecule has 1 N–H and O–H groups in total. The summed E-state index contributed by atoms with van der Waals surface area (Å²) in [7, 11) is 1.75. The summed E-state index contributed by atoms with van der Waals surface area (Å²) in [6.45, 7) is 5.27. The Balaban J connectivity index is 2.01. The van der Waals surface area contributed by atoms with Crippen LogP contribution in [0, 0.1) is 0 Å². The highest BCUT2D eigenvalue weighted by atomic mass is 79.9. The van der Waals surface area contributed by atoms with Gasteiger partial charge >= 0.3 is 0 Å². The van der Waals surface area contributed by atoms with Gasteiger partial charge in [0.05, 0.1) is 7.11 Å². The molecule has 3 rings (SSSR count). The van der Waals surface area contributed by atoms with E-state index in [2.05, 4.69) is 56.5 Å². The highest BCUT2D eigenvalue weighted by molar-refractivity contribution is 9.10. The predicted octanol–water partition coefficient (Wildman–Crippen LogP) is 3.02. The summed E-state index contributed by atoms with van der Waals surface area (Å²) in [5.74, 6) is 0.985. The van der Waals surface area contributed by atoms with Crippen LogP contribution in [0.3, 0.4) is 0 Å². The summed E-state index contributed by atoms with van der Waals surface area (Å²) < 4.78 is 6.69. The second-order valence-electron chi connectivity index (χ2n) is 5.14. The zero-order chi connectivity index (χ0) is 13.9. The van der Waals surface area contributed by atoms with Crippen LogP contribution in [0.25, 0.3) is 10.8 Å². The fourth-order valence-electron chi connectivity index (χ4n) is 2.79. The average molecular weight is 335 g/mol. The van der Waals surface area contributed by atoms with Gasteiger partial charge in [0.15, 0.2) is 0 Å². The summed E-state index contributed by atoms with van der Waals surface area (Å²) in [5.41, 5.74) is 1.29. The lowest BCUT2D eigenvalue weighted by Crippen LogP contribution is -2.42. The second-order valence-corrected chi connectivity index (χ2v) is 6.05. The largest absolute Gasteiger partial charge is 0.496 e. The third-order valence-corrected chi connectivity index (χ3v) is 4.35. The van der Waals surface area contributed by atoms with E-state index in [1.807, 2.05) is 0 Å². The van der Waals surface area contributed by atoms with Gasteiger partial charge in [-0.3, -0.25) is 4.90 Å². The molecule has 2 aromatic carbocycles. The van der Waals surface area contributed by atoms with E-state index in [1.165, 1.54) is 16.3 Å². The van der Waals surface area contributed by atoms with Gasteiger partial charge in [0.25, 0.3) is 0 Å². The fraction of sp³-hybridized carbons (Fsp3) is 0.375. The number of halogens is 1. The lowest BCUT2D eigenvalue weighted by Gasteiger charge is -2.28. The topological polar surface area (TPSA) is 24.5 Å². The van der Waals surface area contributed by atoms with Gasteiger partial charge in [0.1, 0.15) is 5.75 Å². The molecule has 3 nitrogen and oxygen atoms in total. The number of piperazine rings is 1. The van der Waals surface area contributed by atoms with Crippen molar-refractivity contribution in [2.75, 3.05) is 33.3 Å². The monoisotopic (exact) mass is 334 g/mol. The van der Waals surface area contributed by atoms with E-state index in [-0.39, 0.29) is 0 Å². The van der Waals surface area contributed by atoms with Crippen molar-refractivity contribution in [2.24, 2.45) is 0 Å². The Hall–Kier alpha value is -1.10. The molecule has 1 saturated heterocycles. The minimum Gasteiger partial charge on any atom is -0.496 e.